The fourth-order valence-electron chi connectivity index (χ4n) is 3.25. The van der Waals surface area contributed by atoms with Gasteiger partial charge in [-0.05, 0) is 12.0 Å². The van der Waals surface area contributed by atoms with Crippen LogP contribution in [0.25, 0.3) is 10.4 Å². The standard InChI is InChI=1S/C18H36N5/c1-3-4-5-6-7-8-9-10-11-12-13-14-15-23-17-16-22(2)18(23)20-21-19/h3-17H2,1-2H3/q+1. The number of hydrogen-bond donors (Lipinski definition) is 0. The highest BCUT2D eigenvalue weighted by Gasteiger charge is 2.23. The molecule has 1 aliphatic heterocycles. The van der Waals surface area contributed by atoms with Crippen molar-refractivity contribution >= 4 is 5.96 Å². The Labute approximate surface area is 142 Å². The van der Waals surface area contributed by atoms with E-state index in [2.05, 4.69) is 21.8 Å². The Kier molecular flexibility index (Phi) is 11.4. The van der Waals surface area contributed by atoms with Crippen LogP contribution in [0, 0.1) is 0 Å². The van der Waals surface area contributed by atoms with E-state index in [0.717, 1.165) is 25.6 Å². The third-order valence-electron chi connectivity index (χ3n) is 4.75. The Balaban J connectivity index is 1.91. The van der Waals surface area contributed by atoms with Crippen molar-refractivity contribution in [2.75, 3.05) is 26.7 Å². The zero-order chi connectivity index (χ0) is 16.8. The van der Waals surface area contributed by atoms with Gasteiger partial charge in [-0.25, -0.2) is 0 Å². The van der Waals surface area contributed by atoms with Crippen LogP contribution in [-0.4, -0.2) is 42.1 Å². The molecular weight excluding hydrogens is 286 g/mol. The Hall–Kier alpha value is -1.22. The molecule has 5 heteroatoms. The van der Waals surface area contributed by atoms with E-state index in [-0.39, 0.29) is 0 Å². The summed E-state index contributed by atoms with van der Waals surface area (Å²) in [5, 5.41) is 3.81. The van der Waals surface area contributed by atoms with Gasteiger partial charge in [0.25, 0.3) is 5.96 Å². The van der Waals surface area contributed by atoms with E-state index in [0.29, 0.717) is 0 Å². The van der Waals surface area contributed by atoms with Crippen molar-refractivity contribution in [3.8, 4) is 0 Å². The Morgan fingerprint density at radius 2 is 1.48 bits per heavy atom. The van der Waals surface area contributed by atoms with Gasteiger partial charge in [0.1, 0.15) is 0 Å². The van der Waals surface area contributed by atoms with Crippen LogP contribution in [-0.2, 0) is 0 Å². The zero-order valence-electron chi connectivity index (χ0n) is 15.3. The minimum absolute atomic E-state index is 0.801. The van der Waals surface area contributed by atoms with E-state index in [1.165, 1.54) is 77.0 Å². The summed E-state index contributed by atoms with van der Waals surface area (Å²) in [5.41, 5.74) is 8.62. The minimum atomic E-state index is 0.801. The van der Waals surface area contributed by atoms with Crippen LogP contribution in [0.4, 0.5) is 0 Å². The lowest BCUT2D eigenvalue weighted by atomic mass is 10.1. The van der Waals surface area contributed by atoms with Crippen LogP contribution in [0.3, 0.4) is 0 Å². The number of azide groups is 1. The summed E-state index contributed by atoms with van der Waals surface area (Å²) in [5.74, 6) is 0.801. The molecule has 0 unspecified atom stereocenters. The zero-order valence-corrected chi connectivity index (χ0v) is 15.3. The van der Waals surface area contributed by atoms with Gasteiger partial charge in [-0.2, -0.15) is 0 Å². The molecule has 0 aromatic rings. The van der Waals surface area contributed by atoms with Gasteiger partial charge in [0.15, 0.2) is 0 Å². The third kappa shape index (κ3) is 8.85. The van der Waals surface area contributed by atoms with E-state index in [1.54, 1.807) is 0 Å². The fraction of sp³-hybridized carbons (Fsp3) is 0.944. The van der Waals surface area contributed by atoms with E-state index >= 15 is 0 Å². The summed E-state index contributed by atoms with van der Waals surface area (Å²) in [7, 11) is 1.99. The molecule has 0 atom stereocenters. The first-order chi connectivity index (χ1) is 11.3. The smallest absolute Gasteiger partial charge is 0.282 e. The normalized spacial score (nSPS) is 14.4. The highest BCUT2D eigenvalue weighted by molar-refractivity contribution is 5.76. The topological polar surface area (TPSA) is 55.0 Å². The van der Waals surface area contributed by atoms with Crippen molar-refractivity contribution in [2.24, 2.45) is 5.11 Å². The second kappa shape index (κ2) is 13.2. The average molecular weight is 323 g/mol. The molecule has 132 valence electrons. The van der Waals surface area contributed by atoms with Crippen LogP contribution >= 0.6 is 0 Å². The molecule has 5 nitrogen and oxygen atoms in total. The highest BCUT2D eigenvalue weighted by atomic mass is 15.4. The van der Waals surface area contributed by atoms with Crippen LogP contribution in [0.15, 0.2) is 5.11 Å². The Morgan fingerprint density at radius 1 is 0.957 bits per heavy atom. The summed E-state index contributed by atoms with van der Waals surface area (Å²) >= 11 is 0. The Bertz CT molecular complexity index is 385. The van der Waals surface area contributed by atoms with Crippen molar-refractivity contribution in [3.05, 3.63) is 10.4 Å². The first-order valence-electron chi connectivity index (χ1n) is 9.67. The minimum Gasteiger partial charge on any atom is -0.290 e. The monoisotopic (exact) mass is 322 g/mol. The SMILES string of the molecule is CCCCCCCCCCCCCCN1CC[N+](C)=C1N=[N+]=[N-]. The molecular formula is C18H36N5+. The predicted molar refractivity (Wildman–Crippen MR) is 97.9 cm³/mol. The van der Waals surface area contributed by atoms with E-state index in [9.17, 15) is 0 Å². The molecule has 0 aromatic carbocycles. The molecule has 0 bridgehead atoms. The third-order valence-corrected chi connectivity index (χ3v) is 4.75. The lowest BCUT2D eigenvalue weighted by molar-refractivity contribution is -0.487. The van der Waals surface area contributed by atoms with Crippen molar-refractivity contribution in [2.45, 2.75) is 84.0 Å². The molecule has 0 aliphatic carbocycles. The molecule has 0 saturated heterocycles. The van der Waals surface area contributed by atoms with E-state index < -0.39 is 0 Å². The molecule has 0 N–H and O–H groups in total. The largest absolute Gasteiger partial charge is 0.290 e. The predicted octanol–water partition coefficient (Wildman–Crippen LogP) is 5.31. The lowest BCUT2D eigenvalue weighted by Crippen LogP contribution is -2.28. The molecule has 23 heavy (non-hydrogen) atoms. The number of likely N-dealkylation sites (N-methyl/N-ethyl adjacent to an activating group) is 1. The number of hydrogen-bond acceptors (Lipinski definition) is 2. The van der Waals surface area contributed by atoms with Crippen LogP contribution in [0.1, 0.15) is 84.0 Å². The van der Waals surface area contributed by atoms with Crippen LogP contribution in [0.2, 0.25) is 0 Å². The Morgan fingerprint density at radius 3 is 2.00 bits per heavy atom. The number of guanidine groups is 1. The summed E-state index contributed by atoms with van der Waals surface area (Å²) < 4.78 is 2.04. The second-order valence-corrected chi connectivity index (χ2v) is 6.79. The van der Waals surface area contributed by atoms with Crippen molar-refractivity contribution in [3.63, 3.8) is 0 Å². The van der Waals surface area contributed by atoms with E-state index in [1.807, 2.05) is 11.6 Å². The molecule has 1 heterocycles. The molecule has 0 saturated carbocycles. The number of unbranched alkanes of at least 4 members (excludes halogenated alkanes) is 11. The van der Waals surface area contributed by atoms with Gasteiger partial charge in [-0.1, -0.05) is 77.6 Å². The summed E-state index contributed by atoms with van der Waals surface area (Å²) in [6.07, 6.45) is 16.5. The summed E-state index contributed by atoms with van der Waals surface area (Å²) in [4.78, 5) is 5.15. The van der Waals surface area contributed by atoms with Crippen molar-refractivity contribution < 1.29 is 4.58 Å². The second-order valence-electron chi connectivity index (χ2n) is 6.79. The first kappa shape index (κ1) is 19.8. The maximum atomic E-state index is 8.62. The molecule has 0 aromatic heterocycles. The molecule has 0 amide bonds. The fourth-order valence-corrected chi connectivity index (χ4v) is 3.25. The van der Waals surface area contributed by atoms with E-state index in [4.69, 9.17) is 5.53 Å². The molecule has 0 spiro atoms. The lowest BCUT2D eigenvalue weighted by Gasteiger charge is -2.12. The number of rotatable bonds is 13. The van der Waals surface area contributed by atoms with Crippen LogP contribution in [0.5, 0.6) is 0 Å². The van der Waals surface area contributed by atoms with Gasteiger partial charge in [0, 0.05) is 10.0 Å². The quantitative estimate of drug-likeness (QED) is 0.149. The van der Waals surface area contributed by atoms with Gasteiger partial charge in [-0.3, -0.25) is 9.48 Å². The summed E-state index contributed by atoms with van der Waals surface area (Å²) in [6, 6.07) is 0. The van der Waals surface area contributed by atoms with Crippen LogP contribution < -0.4 is 0 Å². The first-order valence-corrected chi connectivity index (χ1v) is 9.67. The maximum Gasteiger partial charge on any atom is 0.282 e. The molecule has 0 fully saturated rings. The number of nitrogens with zero attached hydrogens (tertiary/aromatic N) is 5. The summed E-state index contributed by atoms with van der Waals surface area (Å²) in [6.45, 7) is 5.25. The van der Waals surface area contributed by atoms with Gasteiger partial charge in [0.05, 0.1) is 26.7 Å². The van der Waals surface area contributed by atoms with Gasteiger partial charge < -0.3 is 0 Å². The maximum absolute atomic E-state index is 8.62. The highest BCUT2D eigenvalue weighted by Crippen LogP contribution is 2.12. The van der Waals surface area contributed by atoms with Crippen molar-refractivity contribution in [1.82, 2.24) is 4.90 Å². The molecule has 1 rings (SSSR count). The van der Waals surface area contributed by atoms with Gasteiger partial charge >= 0.3 is 0 Å². The van der Waals surface area contributed by atoms with Crippen molar-refractivity contribution in [1.29, 1.82) is 0 Å². The molecule has 0 radical (unpaired) electrons. The van der Waals surface area contributed by atoms with Gasteiger partial charge in [0.2, 0.25) is 0 Å². The van der Waals surface area contributed by atoms with Gasteiger partial charge in [-0.15, -0.1) is 0 Å². The molecule has 1 aliphatic rings. The average Bonchev–Trinajstić information content (AvgIpc) is 2.89.